The first-order chi connectivity index (χ1) is 12.0. The maximum Gasteiger partial charge on any atom is 0.330 e. The number of benzene rings is 1. The molecule has 0 unspecified atom stereocenters. The SMILES string of the molecule is CCCCn1c(=O)[nH]c(=O)c2c1nc(CSc1cccc(C)c1)n2C. The van der Waals surface area contributed by atoms with Crippen LogP contribution in [0.25, 0.3) is 11.2 Å². The van der Waals surface area contributed by atoms with Crippen LogP contribution >= 0.6 is 11.8 Å². The molecule has 7 heteroatoms. The second-order valence-electron chi connectivity index (χ2n) is 6.13. The Hall–Kier alpha value is -2.28. The molecule has 2 aromatic heterocycles. The highest BCUT2D eigenvalue weighted by atomic mass is 32.2. The first-order valence-electron chi connectivity index (χ1n) is 8.39. The van der Waals surface area contributed by atoms with Gasteiger partial charge in [0, 0.05) is 18.5 Å². The van der Waals surface area contributed by atoms with Crippen LogP contribution < -0.4 is 11.2 Å². The Kier molecular flexibility index (Phi) is 5.13. The van der Waals surface area contributed by atoms with E-state index in [1.165, 1.54) is 5.56 Å². The van der Waals surface area contributed by atoms with E-state index in [1.54, 1.807) is 20.9 Å². The number of aromatic nitrogens is 4. The number of nitrogens with one attached hydrogen (secondary N) is 1. The molecule has 0 spiro atoms. The minimum atomic E-state index is -0.387. The van der Waals surface area contributed by atoms with Gasteiger partial charge in [-0.1, -0.05) is 31.0 Å². The summed E-state index contributed by atoms with van der Waals surface area (Å²) in [5.74, 6) is 1.42. The largest absolute Gasteiger partial charge is 0.330 e. The quantitative estimate of drug-likeness (QED) is 0.688. The van der Waals surface area contributed by atoms with Gasteiger partial charge in [-0.25, -0.2) is 9.78 Å². The highest BCUT2D eigenvalue weighted by Crippen LogP contribution is 2.24. The zero-order valence-electron chi connectivity index (χ0n) is 14.7. The Morgan fingerprint density at radius 2 is 2.08 bits per heavy atom. The van der Waals surface area contributed by atoms with E-state index in [2.05, 4.69) is 42.0 Å². The number of fused-ring (bicyclic) bond motifs is 1. The van der Waals surface area contributed by atoms with E-state index in [0.29, 0.717) is 23.5 Å². The van der Waals surface area contributed by atoms with E-state index >= 15 is 0 Å². The fraction of sp³-hybridized carbons (Fsp3) is 0.389. The summed E-state index contributed by atoms with van der Waals surface area (Å²) >= 11 is 1.67. The highest BCUT2D eigenvalue weighted by molar-refractivity contribution is 7.98. The molecule has 1 aromatic carbocycles. The first-order valence-corrected chi connectivity index (χ1v) is 9.37. The summed E-state index contributed by atoms with van der Waals surface area (Å²) in [4.78, 5) is 32.6. The maximum absolute atomic E-state index is 12.2. The Labute approximate surface area is 149 Å². The van der Waals surface area contributed by atoms with Crippen LogP contribution in [0.3, 0.4) is 0 Å². The van der Waals surface area contributed by atoms with Gasteiger partial charge in [0.25, 0.3) is 5.56 Å². The number of hydrogen-bond donors (Lipinski definition) is 1. The number of unbranched alkanes of at least 4 members (excludes halogenated alkanes) is 1. The van der Waals surface area contributed by atoms with Crippen LogP contribution in [0.4, 0.5) is 0 Å². The fourth-order valence-electron chi connectivity index (χ4n) is 2.80. The van der Waals surface area contributed by atoms with Crippen LogP contribution in [0.1, 0.15) is 31.2 Å². The van der Waals surface area contributed by atoms with E-state index in [4.69, 9.17) is 0 Å². The minimum Gasteiger partial charge on any atom is -0.325 e. The number of aryl methyl sites for hydroxylation is 3. The fourth-order valence-corrected chi connectivity index (χ4v) is 3.80. The number of nitrogens with zero attached hydrogens (tertiary/aromatic N) is 3. The summed E-state index contributed by atoms with van der Waals surface area (Å²) < 4.78 is 3.36. The molecule has 3 rings (SSSR count). The molecule has 132 valence electrons. The molecule has 2 heterocycles. The second-order valence-corrected chi connectivity index (χ2v) is 7.18. The third kappa shape index (κ3) is 3.56. The van der Waals surface area contributed by atoms with Crippen molar-refractivity contribution in [1.82, 2.24) is 19.1 Å². The molecule has 1 N–H and O–H groups in total. The van der Waals surface area contributed by atoms with E-state index in [0.717, 1.165) is 23.6 Å². The third-order valence-electron chi connectivity index (χ3n) is 4.20. The van der Waals surface area contributed by atoms with Crippen LogP contribution in [-0.2, 0) is 19.3 Å². The lowest BCUT2D eigenvalue weighted by Gasteiger charge is -2.04. The zero-order valence-corrected chi connectivity index (χ0v) is 15.5. The molecule has 3 aromatic rings. The van der Waals surface area contributed by atoms with Crippen LogP contribution in [-0.4, -0.2) is 19.1 Å². The monoisotopic (exact) mass is 358 g/mol. The van der Waals surface area contributed by atoms with Crippen LogP contribution in [0.5, 0.6) is 0 Å². The van der Waals surface area contributed by atoms with Gasteiger partial charge >= 0.3 is 5.69 Å². The molecule has 0 saturated heterocycles. The normalized spacial score (nSPS) is 11.3. The number of hydrogen-bond acceptors (Lipinski definition) is 4. The van der Waals surface area contributed by atoms with Crippen molar-refractivity contribution in [2.24, 2.45) is 7.05 Å². The van der Waals surface area contributed by atoms with Crippen molar-refractivity contribution in [3.8, 4) is 0 Å². The average molecular weight is 358 g/mol. The summed E-state index contributed by atoms with van der Waals surface area (Å²) in [6.45, 7) is 4.69. The van der Waals surface area contributed by atoms with Crippen molar-refractivity contribution in [2.45, 2.75) is 43.9 Å². The summed E-state index contributed by atoms with van der Waals surface area (Å²) in [7, 11) is 1.82. The van der Waals surface area contributed by atoms with E-state index < -0.39 is 0 Å². The summed E-state index contributed by atoms with van der Waals surface area (Å²) in [6.07, 6.45) is 1.83. The molecule has 0 atom stereocenters. The molecule has 0 amide bonds. The van der Waals surface area contributed by atoms with Crippen molar-refractivity contribution < 1.29 is 0 Å². The highest BCUT2D eigenvalue weighted by Gasteiger charge is 2.16. The smallest absolute Gasteiger partial charge is 0.325 e. The molecule has 0 aliphatic carbocycles. The van der Waals surface area contributed by atoms with Crippen LogP contribution in [0, 0.1) is 6.92 Å². The lowest BCUT2D eigenvalue weighted by molar-refractivity contribution is 0.613. The molecule has 0 aliphatic rings. The van der Waals surface area contributed by atoms with E-state index in [1.807, 2.05) is 13.1 Å². The predicted octanol–water partition coefficient (Wildman–Crippen LogP) is 2.82. The van der Waals surface area contributed by atoms with Gasteiger partial charge in [0.05, 0.1) is 5.75 Å². The number of thioether (sulfide) groups is 1. The summed E-state index contributed by atoms with van der Waals surface area (Å²) in [5, 5.41) is 0. The lowest BCUT2D eigenvalue weighted by atomic mass is 10.2. The average Bonchev–Trinajstić information content (AvgIpc) is 2.90. The lowest BCUT2D eigenvalue weighted by Crippen LogP contribution is -2.31. The van der Waals surface area contributed by atoms with Gasteiger partial charge in [0.1, 0.15) is 5.82 Å². The van der Waals surface area contributed by atoms with Crippen molar-refractivity contribution in [3.63, 3.8) is 0 Å². The van der Waals surface area contributed by atoms with Crippen molar-refractivity contribution >= 4 is 22.9 Å². The van der Waals surface area contributed by atoms with E-state index in [-0.39, 0.29) is 11.2 Å². The maximum atomic E-state index is 12.2. The molecular formula is C18H22N4O2S. The van der Waals surface area contributed by atoms with Gasteiger partial charge in [0.15, 0.2) is 11.2 Å². The Morgan fingerprint density at radius 1 is 1.28 bits per heavy atom. The van der Waals surface area contributed by atoms with Gasteiger partial charge in [-0.05, 0) is 25.5 Å². The molecule has 0 saturated carbocycles. The molecule has 6 nitrogen and oxygen atoms in total. The summed E-state index contributed by atoms with van der Waals surface area (Å²) in [5.41, 5.74) is 1.37. The van der Waals surface area contributed by atoms with Gasteiger partial charge in [0.2, 0.25) is 0 Å². The van der Waals surface area contributed by atoms with Gasteiger partial charge < -0.3 is 4.57 Å². The molecule has 0 bridgehead atoms. The van der Waals surface area contributed by atoms with Crippen LogP contribution in [0.2, 0.25) is 0 Å². The molecule has 0 radical (unpaired) electrons. The molecular weight excluding hydrogens is 336 g/mol. The number of rotatable bonds is 6. The Bertz CT molecular complexity index is 1020. The topological polar surface area (TPSA) is 72.7 Å². The van der Waals surface area contributed by atoms with Gasteiger partial charge in [-0.2, -0.15) is 0 Å². The minimum absolute atomic E-state index is 0.380. The van der Waals surface area contributed by atoms with Crippen molar-refractivity contribution in [1.29, 1.82) is 0 Å². The van der Waals surface area contributed by atoms with Crippen molar-refractivity contribution in [2.75, 3.05) is 0 Å². The van der Waals surface area contributed by atoms with Gasteiger partial charge in [-0.15, -0.1) is 11.8 Å². The number of H-pyrrole nitrogens is 1. The van der Waals surface area contributed by atoms with Gasteiger partial charge in [-0.3, -0.25) is 14.3 Å². The molecule has 0 fully saturated rings. The van der Waals surface area contributed by atoms with Crippen LogP contribution in [0.15, 0.2) is 38.8 Å². The first kappa shape index (κ1) is 17.5. The predicted molar refractivity (Wildman–Crippen MR) is 101 cm³/mol. The summed E-state index contributed by atoms with van der Waals surface area (Å²) in [6, 6.07) is 8.27. The second kappa shape index (κ2) is 7.31. The number of aromatic amines is 1. The van der Waals surface area contributed by atoms with Crippen molar-refractivity contribution in [3.05, 3.63) is 56.5 Å². The Morgan fingerprint density at radius 3 is 2.80 bits per heavy atom. The Balaban J connectivity index is 1.99. The third-order valence-corrected chi connectivity index (χ3v) is 5.19. The van der Waals surface area contributed by atoms with E-state index in [9.17, 15) is 9.59 Å². The zero-order chi connectivity index (χ0) is 18.0. The molecule has 0 aliphatic heterocycles. The molecule has 25 heavy (non-hydrogen) atoms. The standard InChI is InChI=1S/C18H22N4O2S/c1-4-5-9-22-16-15(17(23)20-18(22)24)21(3)14(19-16)11-25-13-8-6-7-12(2)10-13/h6-8,10H,4-5,9,11H2,1-3H3,(H,20,23,24). The number of imidazole rings is 1.